The Balaban J connectivity index is 1.42. The number of aliphatic hydroxyl groups excluding tert-OH is 1. The third-order valence-electron chi connectivity index (χ3n) is 7.22. The Labute approximate surface area is 283 Å². The summed E-state index contributed by atoms with van der Waals surface area (Å²) in [4.78, 5) is 27.0. The van der Waals surface area contributed by atoms with Gasteiger partial charge in [0.05, 0.1) is 54.1 Å². The average Bonchev–Trinajstić information content (AvgIpc) is 3.46. The first-order valence-electron chi connectivity index (χ1n) is 14.1. The van der Waals surface area contributed by atoms with E-state index in [-0.39, 0.29) is 39.9 Å². The number of amides is 1. The second-order valence-corrected chi connectivity index (χ2v) is 12.8. The highest BCUT2D eigenvalue weighted by molar-refractivity contribution is 9.10. The van der Waals surface area contributed by atoms with Crippen LogP contribution in [0, 0.1) is 0 Å². The van der Waals surface area contributed by atoms with Gasteiger partial charge in [0, 0.05) is 49.9 Å². The maximum Gasteiger partial charge on any atom is 0.258 e. The molecule has 5 rings (SSSR count). The molecule has 240 valence electrons. The number of aromatic nitrogens is 2. The SMILES string of the molecule is COc1c(Cl)c(NC(=O)c2csc3c(Nc4ccc(N5CCN(CCO)CC5)cc4OC(C)C)ncnc23)c(Cl)c(OC)c1Br. The van der Waals surface area contributed by atoms with E-state index < -0.39 is 5.91 Å². The van der Waals surface area contributed by atoms with Gasteiger partial charge in [-0.15, -0.1) is 11.3 Å². The summed E-state index contributed by atoms with van der Waals surface area (Å²) in [6, 6.07) is 6.06. The Hall–Kier alpha value is -3.07. The molecular formula is C30H33BrCl2N6O5S. The fourth-order valence-electron chi connectivity index (χ4n) is 5.03. The molecule has 3 N–H and O–H groups in total. The number of β-amino-alcohol motifs (C(OH)–C–C–N with tert-alkyl or cyclic N) is 1. The fraction of sp³-hybridized carbons (Fsp3) is 0.367. The van der Waals surface area contributed by atoms with Crippen molar-refractivity contribution in [3.63, 3.8) is 0 Å². The summed E-state index contributed by atoms with van der Waals surface area (Å²) in [6.45, 7) is 8.29. The number of hydrogen-bond donors (Lipinski definition) is 3. The molecule has 1 amide bonds. The molecule has 3 heterocycles. The molecule has 0 aliphatic carbocycles. The molecule has 1 aliphatic heterocycles. The number of aliphatic hydroxyl groups is 1. The van der Waals surface area contributed by atoms with E-state index in [2.05, 4.69) is 52.4 Å². The number of anilines is 4. The molecule has 2 aromatic carbocycles. The lowest BCUT2D eigenvalue weighted by Gasteiger charge is -2.36. The molecule has 1 fully saturated rings. The van der Waals surface area contributed by atoms with Gasteiger partial charge in [-0.2, -0.15) is 0 Å². The van der Waals surface area contributed by atoms with Crippen molar-refractivity contribution in [1.29, 1.82) is 0 Å². The molecule has 15 heteroatoms. The summed E-state index contributed by atoms with van der Waals surface area (Å²) in [7, 11) is 2.91. The predicted molar refractivity (Wildman–Crippen MR) is 184 cm³/mol. The molecule has 0 spiro atoms. The maximum atomic E-state index is 13.5. The van der Waals surface area contributed by atoms with Crippen molar-refractivity contribution in [2.24, 2.45) is 0 Å². The molecule has 1 saturated heterocycles. The van der Waals surface area contributed by atoms with Crippen LogP contribution in [0.1, 0.15) is 24.2 Å². The van der Waals surface area contributed by atoms with E-state index in [1.165, 1.54) is 31.9 Å². The molecule has 4 aromatic rings. The Morgan fingerprint density at radius 2 is 1.80 bits per heavy atom. The minimum absolute atomic E-state index is 0.0563. The molecule has 1 aliphatic rings. The lowest BCUT2D eigenvalue weighted by molar-refractivity contribution is 0.102. The number of carbonyl (C=O) groups excluding carboxylic acids is 1. The average molecular weight is 741 g/mol. The third-order valence-corrected chi connectivity index (χ3v) is 9.63. The number of fused-ring (bicyclic) bond motifs is 1. The van der Waals surface area contributed by atoms with Crippen molar-refractivity contribution >= 4 is 89.5 Å². The first-order chi connectivity index (χ1) is 21.7. The number of benzene rings is 2. The van der Waals surface area contributed by atoms with Gasteiger partial charge in [-0.05, 0) is 41.9 Å². The van der Waals surface area contributed by atoms with Gasteiger partial charge in [0.25, 0.3) is 5.91 Å². The van der Waals surface area contributed by atoms with Crippen LogP contribution in [0.3, 0.4) is 0 Å². The Morgan fingerprint density at radius 3 is 2.42 bits per heavy atom. The number of ether oxygens (including phenoxy) is 3. The van der Waals surface area contributed by atoms with E-state index in [0.29, 0.717) is 38.4 Å². The van der Waals surface area contributed by atoms with Crippen LogP contribution in [0.4, 0.5) is 22.9 Å². The van der Waals surface area contributed by atoms with Crippen molar-refractivity contribution in [3.05, 3.63) is 50.0 Å². The molecular weight excluding hydrogens is 707 g/mol. The zero-order valence-corrected chi connectivity index (χ0v) is 29.0. The Bertz CT molecular complexity index is 1670. The van der Waals surface area contributed by atoms with E-state index in [4.69, 9.17) is 37.4 Å². The largest absolute Gasteiger partial charge is 0.494 e. The normalized spacial score (nSPS) is 13.8. The van der Waals surface area contributed by atoms with Crippen LogP contribution in [-0.4, -0.2) is 85.5 Å². The standard InChI is InChI=1S/C30H33BrCl2N6O5S/c1-16(2)44-20-13-17(39-9-7-38(8-10-39)11-12-40)5-6-19(20)36-29-28-24(34-15-35-29)18(14-45-28)30(41)37-25-22(32)26(42-3)21(31)27(43-4)23(25)33/h5-6,13-16,40H,7-12H2,1-4H3,(H,37,41)(H,34,35,36). The van der Waals surface area contributed by atoms with Gasteiger partial charge < -0.3 is 34.9 Å². The van der Waals surface area contributed by atoms with E-state index in [9.17, 15) is 9.90 Å². The minimum atomic E-state index is -0.464. The Morgan fingerprint density at radius 1 is 1.11 bits per heavy atom. The van der Waals surface area contributed by atoms with Gasteiger partial charge >= 0.3 is 0 Å². The second kappa shape index (κ2) is 14.6. The van der Waals surface area contributed by atoms with Crippen molar-refractivity contribution in [2.75, 3.05) is 69.1 Å². The second-order valence-electron chi connectivity index (χ2n) is 10.4. The van der Waals surface area contributed by atoms with Crippen molar-refractivity contribution < 1.29 is 24.1 Å². The molecule has 45 heavy (non-hydrogen) atoms. The lowest BCUT2D eigenvalue weighted by Crippen LogP contribution is -2.47. The number of nitrogens with one attached hydrogen (secondary N) is 2. The highest BCUT2D eigenvalue weighted by Gasteiger charge is 2.26. The predicted octanol–water partition coefficient (Wildman–Crippen LogP) is 6.68. The number of piperazine rings is 1. The van der Waals surface area contributed by atoms with Gasteiger partial charge in [0.15, 0.2) is 17.3 Å². The lowest BCUT2D eigenvalue weighted by atomic mass is 10.2. The van der Waals surface area contributed by atoms with Crippen molar-refractivity contribution in [3.8, 4) is 17.2 Å². The first-order valence-corrected chi connectivity index (χ1v) is 16.6. The van der Waals surface area contributed by atoms with E-state index in [0.717, 1.165) is 37.6 Å². The van der Waals surface area contributed by atoms with Crippen LogP contribution in [0.2, 0.25) is 10.0 Å². The number of carbonyl (C=O) groups is 1. The van der Waals surface area contributed by atoms with Crippen molar-refractivity contribution in [2.45, 2.75) is 20.0 Å². The number of thiophene rings is 1. The molecule has 0 atom stereocenters. The van der Waals surface area contributed by atoms with Gasteiger partial charge in [0.1, 0.15) is 26.6 Å². The van der Waals surface area contributed by atoms with Crippen LogP contribution in [0.25, 0.3) is 10.2 Å². The van der Waals surface area contributed by atoms with Crippen LogP contribution in [-0.2, 0) is 0 Å². The molecule has 0 bridgehead atoms. The van der Waals surface area contributed by atoms with Gasteiger partial charge in [-0.25, -0.2) is 9.97 Å². The molecule has 0 saturated carbocycles. The molecule has 0 unspecified atom stereocenters. The third kappa shape index (κ3) is 7.03. The summed E-state index contributed by atoms with van der Waals surface area (Å²) in [5.74, 6) is 1.29. The summed E-state index contributed by atoms with van der Waals surface area (Å²) in [5, 5.41) is 17.4. The molecule has 11 nitrogen and oxygen atoms in total. The summed E-state index contributed by atoms with van der Waals surface area (Å²) in [5.41, 5.74) is 2.72. The maximum absolute atomic E-state index is 13.5. The monoisotopic (exact) mass is 738 g/mol. The van der Waals surface area contributed by atoms with Crippen LogP contribution < -0.4 is 29.7 Å². The number of halogens is 3. The molecule has 0 radical (unpaired) electrons. The zero-order chi connectivity index (χ0) is 32.2. The zero-order valence-electron chi connectivity index (χ0n) is 25.1. The highest BCUT2D eigenvalue weighted by Crippen LogP contribution is 2.50. The van der Waals surface area contributed by atoms with E-state index >= 15 is 0 Å². The Kier molecular flexibility index (Phi) is 10.8. The van der Waals surface area contributed by atoms with Crippen LogP contribution >= 0.6 is 50.5 Å². The minimum Gasteiger partial charge on any atom is -0.494 e. The fourth-order valence-corrected chi connectivity index (χ4v) is 7.60. The quantitative estimate of drug-likeness (QED) is 0.154. The van der Waals surface area contributed by atoms with Gasteiger partial charge in [0.2, 0.25) is 0 Å². The summed E-state index contributed by atoms with van der Waals surface area (Å²) in [6.07, 6.45) is 1.35. The highest BCUT2D eigenvalue weighted by atomic mass is 79.9. The number of nitrogens with zero attached hydrogens (tertiary/aromatic N) is 4. The van der Waals surface area contributed by atoms with Crippen LogP contribution in [0.15, 0.2) is 34.4 Å². The smallest absolute Gasteiger partial charge is 0.258 e. The van der Waals surface area contributed by atoms with Gasteiger partial charge in [-0.3, -0.25) is 9.69 Å². The number of rotatable bonds is 11. The topological polar surface area (TPSA) is 121 Å². The van der Waals surface area contributed by atoms with Gasteiger partial charge in [-0.1, -0.05) is 23.2 Å². The summed E-state index contributed by atoms with van der Waals surface area (Å²) >= 11 is 17.8. The number of hydrogen-bond acceptors (Lipinski definition) is 11. The summed E-state index contributed by atoms with van der Waals surface area (Å²) < 4.78 is 18.1. The first kappa shape index (κ1) is 33.3. The molecule has 2 aromatic heterocycles. The van der Waals surface area contributed by atoms with Crippen molar-refractivity contribution in [1.82, 2.24) is 14.9 Å². The van der Waals surface area contributed by atoms with E-state index in [1.807, 2.05) is 26.0 Å². The van der Waals surface area contributed by atoms with E-state index in [1.54, 1.807) is 5.38 Å². The number of methoxy groups -OCH3 is 2. The van der Waals surface area contributed by atoms with Crippen LogP contribution in [0.5, 0.6) is 17.2 Å².